The Labute approximate surface area is 188 Å². The minimum atomic E-state index is 0.239. The van der Waals surface area contributed by atoms with Crippen LogP contribution in [-0.4, -0.2) is 9.97 Å². The van der Waals surface area contributed by atoms with Gasteiger partial charge in [0.1, 0.15) is 0 Å². The van der Waals surface area contributed by atoms with Crippen LogP contribution in [0.1, 0.15) is 115 Å². The van der Waals surface area contributed by atoms with Crippen LogP contribution in [0.5, 0.6) is 0 Å². The van der Waals surface area contributed by atoms with Gasteiger partial charge in [-0.05, 0) is 128 Å². The molecular weight excluding hydrogens is 376 g/mol. The third-order valence-corrected chi connectivity index (χ3v) is 8.74. The predicted molar refractivity (Wildman–Crippen MR) is 127 cm³/mol. The number of aryl methyl sites for hydroxylation is 2. The SMILES string of the molecule is CC(C)c1nc2c(c3c1CCC3)CC(CC(C)(C)c1c3c(nc4c1CCC4)CCC3)C2. The number of hydrogen-bond donors (Lipinski definition) is 0. The van der Waals surface area contributed by atoms with Gasteiger partial charge in [0.2, 0.25) is 0 Å². The topological polar surface area (TPSA) is 25.8 Å². The smallest absolute Gasteiger partial charge is 0.0467 e. The van der Waals surface area contributed by atoms with Crippen LogP contribution in [0.4, 0.5) is 0 Å². The molecule has 4 aliphatic carbocycles. The molecule has 0 aromatic carbocycles. The minimum absolute atomic E-state index is 0.239. The Kier molecular flexibility index (Phi) is 4.60. The minimum Gasteiger partial charge on any atom is -0.257 e. The lowest BCUT2D eigenvalue weighted by Gasteiger charge is -2.33. The Bertz CT molecular complexity index is 1030. The van der Waals surface area contributed by atoms with E-state index in [9.17, 15) is 0 Å². The summed E-state index contributed by atoms with van der Waals surface area (Å²) in [5.41, 5.74) is 16.0. The number of rotatable bonds is 4. The Balaban J connectivity index is 1.33. The highest BCUT2D eigenvalue weighted by molar-refractivity contribution is 5.50. The summed E-state index contributed by atoms with van der Waals surface area (Å²) >= 11 is 0. The third kappa shape index (κ3) is 3.11. The zero-order valence-electron chi connectivity index (χ0n) is 20.0. The molecule has 1 unspecified atom stereocenters. The normalized spacial score (nSPS) is 21.5. The fourth-order valence-corrected chi connectivity index (χ4v) is 7.71. The predicted octanol–water partition coefficient (Wildman–Crippen LogP) is 6.15. The first kappa shape index (κ1) is 19.9. The second-order valence-electron chi connectivity index (χ2n) is 11.8. The summed E-state index contributed by atoms with van der Waals surface area (Å²) in [6.45, 7) is 9.74. The summed E-state index contributed by atoms with van der Waals surface area (Å²) in [5.74, 6) is 1.29. The van der Waals surface area contributed by atoms with Gasteiger partial charge in [-0.3, -0.25) is 9.97 Å². The first-order valence-corrected chi connectivity index (χ1v) is 13.0. The molecule has 0 radical (unpaired) electrons. The lowest BCUT2D eigenvalue weighted by Crippen LogP contribution is -2.26. The second-order valence-corrected chi connectivity index (χ2v) is 11.8. The molecule has 31 heavy (non-hydrogen) atoms. The van der Waals surface area contributed by atoms with Gasteiger partial charge in [-0.2, -0.15) is 0 Å². The van der Waals surface area contributed by atoms with E-state index < -0.39 is 0 Å². The molecule has 2 nitrogen and oxygen atoms in total. The van der Waals surface area contributed by atoms with E-state index in [1.165, 1.54) is 99.8 Å². The average molecular weight is 415 g/mol. The molecule has 0 spiro atoms. The van der Waals surface area contributed by atoms with E-state index in [-0.39, 0.29) is 5.41 Å². The molecule has 164 valence electrons. The fourth-order valence-electron chi connectivity index (χ4n) is 7.71. The molecule has 0 bridgehead atoms. The average Bonchev–Trinajstić information content (AvgIpc) is 3.48. The van der Waals surface area contributed by atoms with E-state index in [1.807, 2.05) is 0 Å². The number of pyridine rings is 2. The molecule has 0 N–H and O–H groups in total. The summed E-state index contributed by atoms with van der Waals surface area (Å²) in [4.78, 5) is 10.4. The van der Waals surface area contributed by atoms with Crippen molar-refractivity contribution in [1.82, 2.24) is 9.97 Å². The summed E-state index contributed by atoms with van der Waals surface area (Å²) in [6.07, 6.45) is 15.2. The fraction of sp³-hybridized carbons (Fsp3) is 0.655. The molecule has 0 saturated carbocycles. The van der Waals surface area contributed by atoms with Crippen LogP contribution in [0.3, 0.4) is 0 Å². The van der Waals surface area contributed by atoms with Crippen LogP contribution >= 0.6 is 0 Å². The molecule has 2 aromatic heterocycles. The monoisotopic (exact) mass is 414 g/mol. The van der Waals surface area contributed by atoms with Crippen molar-refractivity contribution in [3.8, 4) is 0 Å². The van der Waals surface area contributed by atoms with Gasteiger partial charge >= 0.3 is 0 Å². The molecule has 0 saturated heterocycles. The van der Waals surface area contributed by atoms with Crippen LogP contribution in [0.25, 0.3) is 0 Å². The van der Waals surface area contributed by atoms with Crippen molar-refractivity contribution in [3.63, 3.8) is 0 Å². The van der Waals surface area contributed by atoms with Crippen molar-refractivity contribution >= 4 is 0 Å². The van der Waals surface area contributed by atoms with Crippen LogP contribution in [0.2, 0.25) is 0 Å². The van der Waals surface area contributed by atoms with Gasteiger partial charge in [0.15, 0.2) is 0 Å². The maximum absolute atomic E-state index is 5.28. The Morgan fingerprint density at radius 1 is 0.710 bits per heavy atom. The van der Waals surface area contributed by atoms with Crippen molar-refractivity contribution in [3.05, 3.63) is 56.2 Å². The number of aromatic nitrogens is 2. The highest BCUT2D eigenvalue weighted by atomic mass is 14.8. The van der Waals surface area contributed by atoms with Gasteiger partial charge in [0, 0.05) is 22.8 Å². The standard InChI is InChI=1S/C29H38N2/c1-17(2)28-20-9-5-8-19(20)23-14-18(15-26(23)31-28)16-29(3,4)27-21-10-6-12-24(21)30-25-13-7-11-22(25)27/h17-18H,5-16H2,1-4H3. The number of nitrogens with zero attached hydrogens (tertiary/aromatic N) is 2. The number of hydrogen-bond acceptors (Lipinski definition) is 2. The molecule has 0 amide bonds. The van der Waals surface area contributed by atoms with Crippen LogP contribution in [0, 0.1) is 5.92 Å². The summed E-state index contributed by atoms with van der Waals surface area (Å²) in [7, 11) is 0. The van der Waals surface area contributed by atoms with Crippen LogP contribution in [0.15, 0.2) is 0 Å². The molecule has 2 aromatic rings. The van der Waals surface area contributed by atoms with Crippen LogP contribution in [-0.2, 0) is 56.8 Å². The quantitative estimate of drug-likeness (QED) is 0.600. The summed E-state index contributed by atoms with van der Waals surface area (Å²) in [6, 6.07) is 0. The van der Waals surface area contributed by atoms with E-state index in [1.54, 1.807) is 33.4 Å². The van der Waals surface area contributed by atoms with Gasteiger partial charge in [-0.25, -0.2) is 0 Å². The van der Waals surface area contributed by atoms with Crippen molar-refractivity contribution in [2.75, 3.05) is 0 Å². The van der Waals surface area contributed by atoms with Crippen LogP contribution < -0.4 is 0 Å². The van der Waals surface area contributed by atoms with Crippen molar-refractivity contribution in [2.24, 2.45) is 5.92 Å². The van der Waals surface area contributed by atoms with Gasteiger partial charge < -0.3 is 0 Å². The first-order chi connectivity index (χ1) is 14.9. The Morgan fingerprint density at radius 3 is 2.00 bits per heavy atom. The van der Waals surface area contributed by atoms with Gasteiger partial charge in [0.25, 0.3) is 0 Å². The van der Waals surface area contributed by atoms with Crippen molar-refractivity contribution in [1.29, 1.82) is 0 Å². The maximum atomic E-state index is 5.28. The molecule has 4 aliphatic rings. The second kappa shape index (κ2) is 7.15. The summed E-state index contributed by atoms with van der Waals surface area (Å²) in [5, 5.41) is 0. The van der Waals surface area contributed by atoms with E-state index >= 15 is 0 Å². The third-order valence-electron chi connectivity index (χ3n) is 8.74. The highest BCUT2D eigenvalue weighted by Gasteiger charge is 2.38. The lowest BCUT2D eigenvalue weighted by atomic mass is 9.72. The van der Waals surface area contributed by atoms with E-state index in [4.69, 9.17) is 9.97 Å². The molecular formula is C29H38N2. The summed E-state index contributed by atoms with van der Waals surface area (Å²) < 4.78 is 0. The molecule has 2 heteroatoms. The van der Waals surface area contributed by atoms with E-state index in [2.05, 4.69) is 27.7 Å². The van der Waals surface area contributed by atoms with Gasteiger partial charge in [-0.1, -0.05) is 27.7 Å². The Morgan fingerprint density at radius 2 is 1.32 bits per heavy atom. The van der Waals surface area contributed by atoms with Crippen molar-refractivity contribution < 1.29 is 0 Å². The van der Waals surface area contributed by atoms with Gasteiger partial charge in [-0.15, -0.1) is 0 Å². The molecule has 6 rings (SSSR count). The number of fused-ring (bicyclic) bond motifs is 5. The van der Waals surface area contributed by atoms with Crippen molar-refractivity contribution in [2.45, 2.75) is 116 Å². The molecule has 2 heterocycles. The van der Waals surface area contributed by atoms with E-state index in [0.29, 0.717) is 5.92 Å². The zero-order chi connectivity index (χ0) is 21.3. The lowest BCUT2D eigenvalue weighted by molar-refractivity contribution is 0.365. The molecule has 1 atom stereocenters. The van der Waals surface area contributed by atoms with Gasteiger partial charge in [0.05, 0.1) is 0 Å². The Hall–Kier alpha value is -1.70. The molecule has 0 aliphatic heterocycles. The zero-order valence-corrected chi connectivity index (χ0v) is 20.0. The molecule has 0 fully saturated rings. The highest BCUT2D eigenvalue weighted by Crippen LogP contribution is 2.45. The maximum Gasteiger partial charge on any atom is 0.0467 e. The first-order valence-electron chi connectivity index (χ1n) is 13.0. The van der Waals surface area contributed by atoms with E-state index in [0.717, 1.165) is 5.92 Å². The largest absolute Gasteiger partial charge is 0.257 e.